The van der Waals surface area contributed by atoms with Gasteiger partial charge in [0.25, 0.3) is 5.91 Å². The molecular weight excluding hydrogens is 555 g/mol. The molecule has 2 aliphatic heterocycles. The lowest BCUT2D eigenvalue weighted by Crippen LogP contribution is -2.33. The van der Waals surface area contributed by atoms with Crippen molar-refractivity contribution in [1.29, 1.82) is 0 Å². The van der Waals surface area contributed by atoms with Crippen molar-refractivity contribution in [2.45, 2.75) is 36.9 Å². The van der Waals surface area contributed by atoms with Gasteiger partial charge in [0.05, 0.1) is 21.3 Å². The van der Waals surface area contributed by atoms with Gasteiger partial charge in [-0.15, -0.1) is 23.1 Å². The van der Waals surface area contributed by atoms with E-state index in [1.807, 2.05) is 24.1 Å². The summed E-state index contributed by atoms with van der Waals surface area (Å²) in [5.74, 6) is 1.15. The molecule has 6 nitrogen and oxygen atoms in total. The number of halogens is 4. The van der Waals surface area contributed by atoms with Gasteiger partial charge in [0.2, 0.25) is 5.95 Å². The summed E-state index contributed by atoms with van der Waals surface area (Å²) < 4.78 is 42.0. The van der Waals surface area contributed by atoms with Crippen molar-refractivity contribution in [2.75, 3.05) is 37.8 Å². The zero-order chi connectivity index (χ0) is 26.6. The summed E-state index contributed by atoms with van der Waals surface area (Å²) in [6.45, 7) is 3.05. The number of carbonyl (C=O) groups excluding carboxylic acids is 1. The van der Waals surface area contributed by atoms with Gasteiger partial charge in [0.15, 0.2) is 0 Å². The highest BCUT2D eigenvalue weighted by atomic mass is 35.5. The molecule has 2 aromatic heterocycles. The molecule has 1 fully saturated rings. The fourth-order valence-corrected chi connectivity index (χ4v) is 7.40. The molecule has 0 unspecified atom stereocenters. The maximum absolute atomic E-state index is 14.0. The number of hydrogen-bond acceptors (Lipinski definition) is 7. The van der Waals surface area contributed by atoms with E-state index in [4.69, 9.17) is 11.6 Å². The van der Waals surface area contributed by atoms with Crippen molar-refractivity contribution in [3.8, 4) is 10.6 Å². The van der Waals surface area contributed by atoms with E-state index in [1.165, 1.54) is 11.8 Å². The van der Waals surface area contributed by atoms with E-state index < -0.39 is 11.7 Å². The van der Waals surface area contributed by atoms with Crippen LogP contribution in [0.25, 0.3) is 10.6 Å². The average Bonchev–Trinajstić information content (AvgIpc) is 3.61. The predicted octanol–water partition coefficient (Wildman–Crippen LogP) is 6.57. The lowest BCUT2D eigenvalue weighted by Gasteiger charge is -2.26. The van der Waals surface area contributed by atoms with Crippen molar-refractivity contribution < 1.29 is 18.0 Å². The molecule has 12 heteroatoms. The summed E-state index contributed by atoms with van der Waals surface area (Å²) in [5, 5.41) is 3.48. The first-order valence-electron chi connectivity index (χ1n) is 12.4. The molecule has 1 saturated carbocycles. The van der Waals surface area contributed by atoms with Crippen molar-refractivity contribution in [3.63, 3.8) is 0 Å². The van der Waals surface area contributed by atoms with Crippen LogP contribution in [0, 0.1) is 5.92 Å². The van der Waals surface area contributed by atoms with E-state index in [0.29, 0.717) is 50.1 Å². The van der Waals surface area contributed by atoms with E-state index in [1.54, 1.807) is 6.07 Å². The molecule has 0 saturated heterocycles. The second kappa shape index (κ2) is 10.0. The maximum Gasteiger partial charge on any atom is 0.420 e. The summed E-state index contributed by atoms with van der Waals surface area (Å²) in [5.41, 5.74) is 1.62. The number of anilines is 2. The van der Waals surface area contributed by atoms with Crippen molar-refractivity contribution in [3.05, 3.63) is 51.0 Å². The summed E-state index contributed by atoms with van der Waals surface area (Å²) in [6.07, 6.45) is -0.765. The van der Waals surface area contributed by atoms with Crippen LogP contribution in [0.4, 0.5) is 24.8 Å². The van der Waals surface area contributed by atoms with Crippen LogP contribution in [-0.2, 0) is 19.1 Å². The highest BCUT2D eigenvalue weighted by Crippen LogP contribution is 2.44. The van der Waals surface area contributed by atoms with Crippen LogP contribution >= 0.6 is 34.7 Å². The summed E-state index contributed by atoms with van der Waals surface area (Å²) in [6, 6.07) is 5.46. The van der Waals surface area contributed by atoms with E-state index in [2.05, 4.69) is 20.2 Å². The van der Waals surface area contributed by atoms with Crippen LogP contribution < -0.4 is 5.32 Å². The molecule has 1 aliphatic carbocycles. The van der Waals surface area contributed by atoms with Crippen LogP contribution in [0.15, 0.2) is 29.3 Å². The number of amides is 1. The number of thiophene rings is 1. The molecule has 4 heterocycles. The minimum absolute atomic E-state index is 0.0145. The zero-order valence-corrected chi connectivity index (χ0v) is 23.0. The average molecular weight is 580 g/mol. The molecular formula is C26H25ClF3N5OS2. The number of likely N-dealkylation sites (N-methyl/N-ethyl adjacent to an activating group) is 1. The Labute approximate surface area is 231 Å². The van der Waals surface area contributed by atoms with Gasteiger partial charge in [0, 0.05) is 43.0 Å². The number of alkyl halides is 3. The Morgan fingerprint density at radius 3 is 2.76 bits per heavy atom. The largest absolute Gasteiger partial charge is 0.420 e. The topological polar surface area (TPSA) is 61.4 Å². The normalized spacial score (nSPS) is 18.2. The summed E-state index contributed by atoms with van der Waals surface area (Å²) >= 11 is 9.08. The number of nitrogens with one attached hydrogen (secondary N) is 1. The molecule has 0 atom stereocenters. The predicted molar refractivity (Wildman–Crippen MR) is 144 cm³/mol. The van der Waals surface area contributed by atoms with Crippen LogP contribution in [0.3, 0.4) is 0 Å². The van der Waals surface area contributed by atoms with Crippen LogP contribution in [0.1, 0.15) is 39.2 Å². The number of rotatable bonds is 5. The Bertz CT molecular complexity index is 1410. The monoisotopic (exact) mass is 579 g/mol. The second-order valence-electron chi connectivity index (χ2n) is 10.0. The zero-order valence-electron chi connectivity index (χ0n) is 20.6. The highest BCUT2D eigenvalue weighted by molar-refractivity contribution is 7.99. The van der Waals surface area contributed by atoms with Gasteiger partial charge in [-0.25, -0.2) is 9.97 Å². The number of fused-ring (bicyclic) bond motifs is 2. The van der Waals surface area contributed by atoms with Gasteiger partial charge in [-0.05, 0) is 61.6 Å². The first-order valence-corrected chi connectivity index (χ1v) is 14.6. The number of nitrogens with zero attached hydrogens (tertiary/aromatic N) is 4. The molecule has 0 spiro atoms. The number of benzene rings is 1. The van der Waals surface area contributed by atoms with Crippen molar-refractivity contribution in [2.24, 2.45) is 5.92 Å². The van der Waals surface area contributed by atoms with Crippen LogP contribution in [-0.4, -0.2) is 58.1 Å². The van der Waals surface area contributed by atoms with E-state index >= 15 is 0 Å². The molecule has 38 heavy (non-hydrogen) atoms. The fraction of sp³-hybridized carbons (Fsp3) is 0.423. The van der Waals surface area contributed by atoms with Gasteiger partial charge in [-0.3, -0.25) is 4.79 Å². The lowest BCUT2D eigenvalue weighted by molar-refractivity contribution is -0.137. The highest BCUT2D eigenvalue weighted by Gasteiger charge is 2.37. The summed E-state index contributed by atoms with van der Waals surface area (Å²) in [4.78, 5) is 27.0. The molecule has 1 N–H and O–H groups in total. The Hall–Kier alpha value is -2.34. The van der Waals surface area contributed by atoms with Gasteiger partial charge >= 0.3 is 6.18 Å². The standard InChI is InChI=1S/C26H25ClF3N5OS2/c1-34-5-4-15-9-19(18(27)8-16(15)13-34)32-25-31-11-17(26(28,29)30)22(33-25)20-10-21-23(38-20)24(36)35(6-7-37-21)12-14-2-3-14/h8-11,14H,2-7,12-13H2,1H3,(H,31,32,33). The van der Waals surface area contributed by atoms with E-state index in [9.17, 15) is 18.0 Å². The molecule has 1 amide bonds. The fourth-order valence-electron chi connectivity index (χ4n) is 4.82. The Balaban J connectivity index is 1.35. The van der Waals surface area contributed by atoms with E-state index in [-0.39, 0.29) is 17.5 Å². The summed E-state index contributed by atoms with van der Waals surface area (Å²) in [7, 11) is 2.04. The smallest absolute Gasteiger partial charge is 0.337 e. The molecule has 200 valence electrons. The molecule has 3 aliphatic rings. The third kappa shape index (κ3) is 5.25. The van der Waals surface area contributed by atoms with Gasteiger partial charge in [-0.2, -0.15) is 13.2 Å². The second-order valence-corrected chi connectivity index (χ2v) is 12.6. The molecule has 6 rings (SSSR count). The lowest BCUT2D eigenvalue weighted by atomic mass is 9.99. The third-order valence-corrected chi connectivity index (χ3v) is 9.63. The SMILES string of the molecule is CN1CCc2cc(Nc3ncc(C(F)(F)F)c(-c4cc5c(s4)C(=O)N(CC4CC4)CCS5)n3)c(Cl)cc2C1. The molecule has 0 bridgehead atoms. The quantitative estimate of drug-likeness (QED) is 0.369. The molecule has 0 radical (unpaired) electrons. The number of carbonyl (C=O) groups is 1. The number of thioether (sulfide) groups is 1. The Morgan fingerprint density at radius 1 is 1.18 bits per heavy atom. The Kier molecular flexibility index (Phi) is 6.82. The number of aromatic nitrogens is 2. The van der Waals surface area contributed by atoms with Gasteiger partial charge in [0.1, 0.15) is 10.4 Å². The maximum atomic E-state index is 14.0. The van der Waals surface area contributed by atoms with Gasteiger partial charge in [-0.1, -0.05) is 11.6 Å². The first kappa shape index (κ1) is 25.9. The number of hydrogen-bond donors (Lipinski definition) is 1. The molecule has 3 aromatic rings. The van der Waals surface area contributed by atoms with Gasteiger partial charge < -0.3 is 15.1 Å². The minimum atomic E-state index is -4.65. The van der Waals surface area contributed by atoms with Crippen LogP contribution in [0.5, 0.6) is 0 Å². The van der Waals surface area contributed by atoms with Crippen molar-refractivity contribution >= 4 is 52.2 Å². The first-order chi connectivity index (χ1) is 18.2. The van der Waals surface area contributed by atoms with Crippen molar-refractivity contribution in [1.82, 2.24) is 19.8 Å². The van der Waals surface area contributed by atoms with E-state index in [0.717, 1.165) is 61.0 Å². The minimum Gasteiger partial charge on any atom is -0.337 e. The third-order valence-electron chi connectivity index (χ3n) is 7.04. The Morgan fingerprint density at radius 2 is 2.00 bits per heavy atom. The molecule has 1 aromatic carbocycles. The van der Waals surface area contributed by atoms with Crippen LogP contribution in [0.2, 0.25) is 5.02 Å².